The number of fused-ring (bicyclic) bond motifs is 1. The monoisotopic (exact) mass is 206 g/mol. The molecule has 2 N–H and O–H groups in total. The molecule has 0 aliphatic rings. The molecular formula is C9H12N5O. The average molecular weight is 206 g/mol. The van der Waals surface area contributed by atoms with Gasteiger partial charge in [0.1, 0.15) is 11.8 Å². The molecule has 0 fully saturated rings. The minimum absolute atomic E-state index is 0.00131. The van der Waals surface area contributed by atoms with Gasteiger partial charge in [-0.1, -0.05) is 0 Å². The van der Waals surface area contributed by atoms with Crippen molar-refractivity contribution in [2.75, 3.05) is 5.73 Å². The summed E-state index contributed by atoms with van der Waals surface area (Å²) in [6.45, 7) is 2.56. The lowest BCUT2D eigenvalue weighted by molar-refractivity contribution is 0.138. The second-order valence-corrected chi connectivity index (χ2v) is 3.31. The van der Waals surface area contributed by atoms with Crippen molar-refractivity contribution in [3.8, 4) is 0 Å². The number of anilines is 1. The molecule has 79 valence electrons. The second kappa shape index (κ2) is 3.82. The van der Waals surface area contributed by atoms with Gasteiger partial charge in [0.05, 0.1) is 26.1 Å². The van der Waals surface area contributed by atoms with Crippen LogP contribution in [0.5, 0.6) is 0 Å². The summed E-state index contributed by atoms with van der Waals surface area (Å²) < 4.78 is 6.79. The van der Waals surface area contributed by atoms with Crippen molar-refractivity contribution in [2.24, 2.45) is 0 Å². The highest BCUT2D eigenvalue weighted by Gasteiger charge is 2.09. The van der Waals surface area contributed by atoms with Crippen LogP contribution in [-0.2, 0) is 11.3 Å². The van der Waals surface area contributed by atoms with Gasteiger partial charge in [-0.3, -0.25) is 0 Å². The first-order chi connectivity index (χ1) is 7.22. The van der Waals surface area contributed by atoms with Crippen molar-refractivity contribution >= 4 is 17.0 Å². The van der Waals surface area contributed by atoms with Gasteiger partial charge < -0.3 is 15.0 Å². The van der Waals surface area contributed by atoms with E-state index in [1.54, 1.807) is 6.33 Å². The fourth-order valence-electron chi connectivity index (χ4n) is 1.36. The Balaban J connectivity index is 2.41. The van der Waals surface area contributed by atoms with Gasteiger partial charge in [-0.05, 0) is 6.92 Å². The molecule has 0 amide bonds. The first-order valence-corrected chi connectivity index (χ1v) is 4.54. The lowest BCUT2D eigenvalue weighted by atomic mass is 10.4. The number of rotatable bonds is 3. The van der Waals surface area contributed by atoms with Gasteiger partial charge in [-0.15, -0.1) is 0 Å². The van der Waals surface area contributed by atoms with Gasteiger partial charge in [0.15, 0.2) is 11.5 Å². The van der Waals surface area contributed by atoms with Crippen LogP contribution in [0.3, 0.4) is 0 Å². The van der Waals surface area contributed by atoms with E-state index in [1.165, 1.54) is 6.33 Å². The van der Waals surface area contributed by atoms with E-state index < -0.39 is 0 Å². The Labute approximate surface area is 87.1 Å². The highest BCUT2D eigenvalue weighted by molar-refractivity contribution is 5.81. The number of aromatic nitrogens is 4. The summed E-state index contributed by atoms with van der Waals surface area (Å²) in [5.74, 6) is 0.391. The number of ether oxygens (including phenoxy) is 1. The quantitative estimate of drug-likeness (QED) is 0.795. The third-order valence-electron chi connectivity index (χ3n) is 2.17. The highest BCUT2D eigenvalue weighted by Crippen LogP contribution is 2.14. The van der Waals surface area contributed by atoms with E-state index in [0.29, 0.717) is 23.5 Å². The molecule has 2 aromatic heterocycles. The van der Waals surface area contributed by atoms with E-state index in [2.05, 4.69) is 22.1 Å². The van der Waals surface area contributed by atoms with E-state index in [-0.39, 0.29) is 6.10 Å². The van der Waals surface area contributed by atoms with E-state index in [0.717, 1.165) is 0 Å². The second-order valence-electron chi connectivity index (χ2n) is 3.31. The summed E-state index contributed by atoms with van der Waals surface area (Å²) in [4.78, 5) is 12.1. The first kappa shape index (κ1) is 9.85. The van der Waals surface area contributed by atoms with Crippen molar-refractivity contribution in [1.29, 1.82) is 0 Å². The SMILES string of the molecule is [CH2]O[C@@H](C)Cn1cnc2c(N)ncnc21. The maximum atomic E-state index is 5.66. The van der Waals surface area contributed by atoms with E-state index in [4.69, 9.17) is 10.5 Å². The molecule has 2 rings (SSSR count). The van der Waals surface area contributed by atoms with Crippen LogP contribution >= 0.6 is 0 Å². The standard InChI is InChI=1S/C9H12N5O/c1-6(15-2)3-14-5-13-7-8(10)11-4-12-9(7)14/h4-6H,2-3H2,1H3,(H2,10,11,12)/t6-/m0/s1. The largest absolute Gasteiger partial charge is 0.382 e. The maximum Gasteiger partial charge on any atom is 0.165 e. The topological polar surface area (TPSA) is 78.9 Å². The molecule has 2 heterocycles. The molecule has 0 bridgehead atoms. The molecule has 0 unspecified atom stereocenters. The van der Waals surface area contributed by atoms with Gasteiger partial charge >= 0.3 is 0 Å². The molecule has 1 atom stereocenters. The van der Waals surface area contributed by atoms with E-state index >= 15 is 0 Å². The molecular weight excluding hydrogens is 194 g/mol. The Morgan fingerprint density at radius 2 is 2.33 bits per heavy atom. The normalized spacial score (nSPS) is 13.2. The van der Waals surface area contributed by atoms with Crippen LogP contribution in [0.4, 0.5) is 5.82 Å². The fraction of sp³-hybridized carbons (Fsp3) is 0.333. The Morgan fingerprint density at radius 3 is 3.07 bits per heavy atom. The molecule has 0 aliphatic heterocycles. The molecule has 2 aromatic rings. The number of imidazole rings is 1. The van der Waals surface area contributed by atoms with Crippen LogP contribution in [0.2, 0.25) is 0 Å². The molecule has 6 heteroatoms. The van der Waals surface area contributed by atoms with Crippen molar-refractivity contribution in [3.63, 3.8) is 0 Å². The van der Waals surface area contributed by atoms with Crippen molar-refractivity contribution in [3.05, 3.63) is 19.8 Å². The molecule has 0 aromatic carbocycles. The maximum absolute atomic E-state index is 5.66. The number of nitrogens with zero attached hydrogens (tertiary/aromatic N) is 4. The molecule has 15 heavy (non-hydrogen) atoms. The summed E-state index contributed by atoms with van der Waals surface area (Å²) in [5.41, 5.74) is 7.00. The average Bonchev–Trinajstić information content (AvgIpc) is 2.63. The first-order valence-electron chi connectivity index (χ1n) is 4.54. The Hall–Kier alpha value is -1.69. The van der Waals surface area contributed by atoms with Crippen molar-refractivity contribution in [1.82, 2.24) is 19.5 Å². The zero-order valence-corrected chi connectivity index (χ0v) is 8.42. The van der Waals surface area contributed by atoms with Crippen LogP contribution in [0.25, 0.3) is 11.2 Å². The summed E-state index contributed by atoms with van der Waals surface area (Å²) in [7, 11) is 3.37. The Kier molecular flexibility index (Phi) is 2.51. The van der Waals surface area contributed by atoms with Crippen LogP contribution in [0.1, 0.15) is 6.92 Å². The van der Waals surface area contributed by atoms with Crippen LogP contribution in [0, 0.1) is 7.11 Å². The molecule has 6 nitrogen and oxygen atoms in total. The smallest absolute Gasteiger partial charge is 0.165 e. The summed E-state index contributed by atoms with van der Waals surface area (Å²) in [5, 5.41) is 0. The molecule has 0 aliphatic carbocycles. The Morgan fingerprint density at radius 1 is 1.53 bits per heavy atom. The number of nitrogens with two attached hydrogens (primary N) is 1. The minimum Gasteiger partial charge on any atom is -0.382 e. The van der Waals surface area contributed by atoms with Gasteiger partial charge in [0.25, 0.3) is 0 Å². The Bertz CT molecular complexity index is 466. The molecule has 0 spiro atoms. The van der Waals surface area contributed by atoms with Crippen molar-refractivity contribution in [2.45, 2.75) is 19.6 Å². The zero-order chi connectivity index (χ0) is 10.8. The number of hydrogen-bond donors (Lipinski definition) is 1. The van der Waals surface area contributed by atoms with Crippen molar-refractivity contribution < 1.29 is 4.74 Å². The summed E-state index contributed by atoms with van der Waals surface area (Å²) in [6.07, 6.45) is 3.09. The lowest BCUT2D eigenvalue weighted by Gasteiger charge is -2.09. The highest BCUT2D eigenvalue weighted by atomic mass is 16.5. The fourth-order valence-corrected chi connectivity index (χ4v) is 1.36. The zero-order valence-electron chi connectivity index (χ0n) is 8.42. The predicted molar refractivity (Wildman–Crippen MR) is 55.6 cm³/mol. The number of hydrogen-bond acceptors (Lipinski definition) is 5. The van der Waals surface area contributed by atoms with Crippen LogP contribution in [-0.4, -0.2) is 25.6 Å². The molecule has 1 radical (unpaired) electrons. The van der Waals surface area contributed by atoms with Gasteiger partial charge in [0, 0.05) is 0 Å². The van der Waals surface area contributed by atoms with Crippen LogP contribution in [0.15, 0.2) is 12.7 Å². The van der Waals surface area contributed by atoms with Gasteiger partial charge in [0.2, 0.25) is 0 Å². The summed E-state index contributed by atoms with van der Waals surface area (Å²) in [6, 6.07) is 0. The van der Waals surface area contributed by atoms with E-state index in [1.807, 2.05) is 11.5 Å². The van der Waals surface area contributed by atoms with E-state index in [9.17, 15) is 0 Å². The molecule has 0 saturated heterocycles. The lowest BCUT2D eigenvalue weighted by Crippen LogP contribution is -2.13. The molecule has 0 saturated carbocycles. The summed E-state index contributed by atoms with van der Waals surface area (Å²) >= 11 is 0. The third kappa shape index (κ3) is 1.75. The number of nitrogen functional groups attached to an aromatic ring is 1. The van der Waals surface area contributed by atoms with Gasteiger partial charge in [-0.2, -0.15) is 0 Å². The van der Waals surface area contributed by atoms with Gasteiger partial charge in [-0.25, -0.2) is 15.0 Å². The van der Waals surface area contributed by atoms with Crippen LogP contribution < -0.4 is 5.73 Å². The third-order valence-corrected chi connectivity index (χ3v) is 2.17. The minimum atomic E-state index is -0.00131. The predicted octanol–water partition coefficient (Wildman–Crippen LogP) is 0.605.